The van der Waals surface area contributed by atoms with E-state index in [1.807, 2.05) is 61.5 Å². The van der Waals surface area contributed by atoms with E-state index in [9.17, 15) is 13.2 Å². The molecular weight excluding hydrogens is 562 g/mol. The Kier molecular flexibility index (Phi) is 6.14. The Morgan fingerprint density at radius 2 is 1.86 bits per heavy atom. The summed E-state index contributed by atoms with van der Waals surface area (Å²) >= 11 is 0. The van der Waals surface area contributed by atoms with Crippen LogP contribution >= 0.6 is 0 Å². The van der Waals surface area contributed by atoms with Gasteiger partial charge in [0.25, 0.3) is 5.91 Å². The van der Waals surface area contributed by atoms with Gasteiger partial charge in [-0.25, -0.2) is 13.4 Å². The van der Waals surface area contributed by atoms with E-state index in [0.29, 0.717) is 39.2 Å². The summed E-state index contributed by atoms with van der Waals surface area (Å²) in [6.45, 7) is 2.81. The number of nitrogens with zero attached hydrogens (tertiary/aromatic N) is 4. The predicted octanol–water partition coefficient (Wildman–Crippen LogP) is 5.80. The van der Waals surface area contributed by atoms with Crippen LogP contribution in [0.3, 0.4) is 0 Å². The molecule has 0 unspecified atom stereocenters. The van der Waals surface area contributed by atoms with E-state index in [-0.39, 0.29) is 5.91 Å². The van der Waals surface area contributed by atoms with Crippen molar-refractivity contribution in [1.29, 1.82) is 0 Å². The summed E-state index contributed by atoms with van der Waals surface area (Å²) in [5.41, 5.74) is 8.98. The van der Waals surface area contributed by atoms with Crippen molar-refractivity contribution in [2.24, 2.45) is 0 Å². The lowest BCUT2D eigenvalue weighted by molar-refractivity contribution is 0.0964. The van der Waals surface area contributed by atoms with Crippen LogP contribution in [0.15, 0.2) is 77.3 Å². The molecule has 0 bridgehead atoms. The molecule has 0 spiro atoms. The maximum absolute atomic E-state index is 13.3. The minimum absolute atomic E-state index is 0.306. The van der Waals surface area contributed by atoms with E-state index in [2.05, 4.69) is 20.9 Å². The number of carbonyl (C=O) groups excluding carboxylic acids is 1. The number of amides is 1. The quantitative estimate of drug-likeness (QED) is 0.271. The Morgan fingerprint density at radius 1 is 1.07 bits per heavy atom. The number of hydrogen-bond acceptors (Lipinski definition) is 6. The number of pyridine rings is 2. The van der Waals surface area contributed by atoms with Crippen LogP contribution in [0.1, 0.15) is 21.5 Å². The first-order valence-electron chi connectivity index (χ1n) is 13.9. The molecule has 43 heavy (non-hydrogen) atoms. The van der Waals surface area contributed by atoms with Gasteiger partial charge >= 0.3 is 0 Å². The van der Waals surface area contributed by atoms with Crippen molar-refractivity contribution >= 4 is 43.6 Å². The predicted molar refractivity (Wildman–Crippen MR) is 169 cm³/mol. The molecule has 1 N–H and O–H groups in total. The third-order valence-corrected chi connectivity index (χ3v) is 9.38. The van der Waals surface area contributed by atoms with Crippen molar-refractivity contribution in [3.63, 3.8) is 0 Å². The summed E-state index contributed by atoms with van der Waals surface area (Å²) in [6, 6.07) is 21.2. The summed E-state index contributed by atoms with van der Waals surface area (Å²) in [4.78, 5) is 22.9. The van der Waals surface area contributed by atoms with Crippen LogP contribution in [-0.2, 0) is 23.0 Å². The van der Waals surface area contributed by atoms with Gasteiger partial charge in [-0.2, -0.15) is 0 Å². The van der Waals surface area contributed by atoms with E-state index >= 15 is 0 Å². The highest BCUT2D eigenvalue weighted by Gasteiger charge is 2.27. The number of nitrogens with one attached hydrogen (secondary N) is 1. The first kappa shape index (κ1) is 26.9. The summed E-state index contributed by atoms with van der Waals surface area (Å²) in [5, 5.41) is 3.30. The molecule has 1 aliphatic heterocycles. The molecule has 10 heteroatoms. The Bertz CT molecular complexity index is 2200. The van der Waals surface area contributed by atoms with Crippen molar-refractivity contribution in [2.75, 3.05) is 24.7 Å². The van der Waals surface area contributed by atoms with E-state index in [0.717, 1.165) is 58.3 Å². The van der Waals surface area contributed by atoms with E-state index in [4.69, 9.17) is 9.40 Å². The number of anilines is 1. The van der Waals surface area contributed by atoms with Crippen molar-refractivity contribution in [3.05, 3.63) is 89.6 Å². The fourth-order valence-corrected chi connectivity index (χ4v) is 6.36. The van der Waals surface area contributed by atoms with Crippen LogP contribution in [0.25, 0.3) is 56.0 Å². The molecule has 4 aromatic heterocycles. The SMILES string of the molecule is CNC(=O)c1c(-c2ccc(C)cc2)oc2cc(N(C)S(C)(=O)=O)c(-c3ccc4c(n3)-c3cc5ncccc5n3CC4)cc12. The van der Waals surface area contributed by atoms with Gasteiger partial charge in [-0.3, -0.25) is 14.1 Å². The second-order valence-corrected chi connectivity index (χ2v) is 12.9. The Balaban J connectivity index is 1.49. The number of carbonyl (C=O) groups is 1. The van der Waals surface area contributed by atoms with Gasteiger partial charge in [-0.1, -0.05) is 35.9 Å². The highest BCUT2D eigenvalue weighted by Crippen LogP contribution is 2.42. The first-order chi connectivity index (χ1) is 20.6. The molecule has 0 aliphatic carbocycles. The molecular formula is C33H29N5O4S. The molecule has 6 aromatic rings. The van der Waals surface area contributed by atoms with Crippen molar-refractivity contribution in [3.8, 4) is 34.0 Å². The normalized spacial score (nSPS) is 12.7. The first-order valence-corrected chi connectivity index (χ1v) is 15.8. The number of rotatable bonds is 5. The molecule has 5 heterocycles. The van der Waals surface area contributed by atoms with Crippen molar-refractivity contribution < 1.29 is 17.6 Å². The van der Waals surface area contributed by atoms with Crippen LogP contribution < -0.4 is 9.62 Å². The molecule has 1 amide bonds. The number of aromatic nitrogens is 3. The fraction of sp³-hybridized carbons (Fsp3) is 0.182. The highest BCUT2D eigenvalue weighted by molar-refractivity contribution is 7.92. The Labute approximate surface area is 248 Å². The molecule has 7 rings (SSSR count). The summed E-state index contributed by atoms with van der Waals surface area (Å²) < 4.78 is 35.4. The zero-order chi connectivity index (χ0) is 30.0. The van der Waals surface area contributed by atoms with Gasteiger partial charge in [0.2, 0.25) is 10.0 Å². The van der Waals surface area contributed by atoms with Gasteiger partial charge in [0, 0.05) is 49.4 Å². The minimum atomic E-state index is -3.65. The largest absolute Gasteiger partial charge is 0.455 e. The zero-order valence-electron chi connectivity index (χ0n) is 24.2. The molecule has 9 nitrogen and oxygen atoms in total. The zero-order valence-corrected chi connectivity index (χ0v) is 25.0. The number of fused-ring (bicyclic) bond motifs is 6. The number of aryl methyl sites for hydroxylation is 3. The van der Waals surface area contributed by atoms with Crippen LogP contribution in [-0.4, -0.2) is 49.2 Å². The average molecular weight is 592 g/mol. The Morgan fingerprint density at radius 3 is 2.60 bits per heavy atom. The molecule has 0 radical (unpaired) electrons. The summed E-state index contributed by atoms with van der Waals surface area (Å²) in [5.74, 6) is 0.106. The second kappa shape index (κ2) is 9.81. The number of hydrogen-bond donors (Lipinski definition) is 1. The lowest BCUT2D eigenvalue weighted by Crippen LogP contribution is -2.25. The topological polar surface area (TPSA) is 110 Å². The molecule has 0 atom stereocenters. The van der Waals surface area contributed by atoms with E-state index in [1.165, 1.54) is 11.4 Å². The molecule has 0 saturated carbocycles. The van der Waals surface area contributed by atoms with Gasteiger partial charge in [0.05, 0.1) is 45.6 Å². The average Bonchev–Trinajstić information content (AvgIpc) is 3.58. The third kappa shape index (κ3) is 4.37. The molecule has 0 saturated heterocycles. The molecule has 1 aliphatic rings. The fourth-order valence-electron chi connectivity index (χ4n) is 5.85. The number of furan rings is 1. The van der Waals surface area contributed by atoms with Gasteiger partial charge in [-0.15, -0.1) is 0 Å². The maximum atomic E-state index is 13.3. The molecule has 216 valence electrons. The van der Waals surface area contributed by atoms with Gasteiger partial charge < -0.3 is 14.3 Å². The summed E-state index contributed by atoms with van der Waals surface area (Å²) in [7, 11) is -0.567. The van der Waals surface area contributed by atoms with Crippen LogP contribution in [0.5, 0.6) is 0 Å². The second-order valence-electron chi connectivity index (χ2n) is 10.9. The van der Waals surface area contributed by atoms with Crippen molar-refractivity contribution in [2.45, 2.75) is 19.9 Å². The molecule has 2 aromatic carbocycles. The number of benzene rings is 2. The monoisotopic (exact) mass is 591 g/mol. The van der Waals surface area contributed by atoms with Gasteiger partial charge in [0.15, 0.2) is 0 Å². The maximum Gasteiger partial charge on any atom is 0.255 e. The van der Waals surface area contributed by atoms with Crippen molar-refractivity contribution in [1.82, 2.24) is 19.9 Å². The minimum Gasteiger partial charge on any atom is -0.455 e. The lowest BCUT2D eigenvalue weighted by atomic mass is 9.98. The van der Waals surface area contributed by atoms with Crippen LogP contribution in [0, 0.1) is 6.92 Å². The van der Waals surface area contributed by atoms with E-state index in [1.54, 1.807) is 19.3 Å². The smallest absolute Gasteiger partial charge is 0.255 e. The standard InChI is InChI=1S/C33H29N5O4S/c1-19-7-9-21(10-8-19)32-30(33(39)34-2)23-16-22(27(18-29(23)42-32)37(3)43(4,40)41)24-12-11-20-13-15-38-26-6-5-14-35-25(26)17-28(38)31(20)36-24/h5-12,14,16-18H,13,15H2,1-4H3,(H,34,39). The highest BCUT2D eigenvalue weighted by atomic mass is 32.2. The third-order valence-electron chi connectivity index (χ3n) is 8.18. The van der Waals surface area contributed by atoms with Crippen LogP contribution in [0.4, 0.5) is 5.69 Å². The summed E-state index contributed by atoms with van der Waals surface area (Å²) in [6.07, 6.45) is 3.75. The Hall–Kier alpha value is -4.96. The van der Waals surface area contributed by atoms with Crippen LogP contribution in [0.2, 0.25) is 0 Å². The van der Waals surface area contributed by atoms with Gasteiger partial charge in [-0.05, 0) is 49.2 Å². The number of sulfonamides is 1. The molecule has 0 fully saturated rings. The van der Waals surface area contributed by atoms with Gasteiger partial charge in [0.1, 0.15) is 11.3 Å². The lowest BCUT2D eigenvalue weighted by Gasteiger charge is -2.22. The van der Waals surface area contributed by atoms with E-state index < -0.39 is 10.0 Å².